The summed E-state index contributed by atoms with van der Waals surface area (Å²) in [6, 6.07) is 18.7. The molecule has 0 amide bonds. The molecule has 1 fully saturated rings. The van der Waals surface area contributed by atoms with E-state index in [1.165, 1.54) is 19.2 Å². The summed E-state index contributed by atoms with van der Waals surface area (Å²) in [4.78, 5) is 17.5. The third kappa shape index (κ3) is 5.45. The van der Waals surface area contributed by atoms with Gasteiger partial charge in [0.15, 0.2) is 5.11 Å². The number of nitrogens with zero attached hydrogens (tertiary/aromatic N) is 4. The Bertz CT molecular complexity index is 1740. The van der Waals surface area contributed by atoms with Crippen LogP contribution >= 0.6 is 12.2 Å². The summed E-state index contributed by atoms with van der Waals surface area (Å²) in [7, 11) is -1.94. The summed E-state index contributed by atoms with van der Waals surface area (Å²) in [6.07, 6.45) is 2.83. The van der Waals surface area contributed by atoms with Gasteiger partial charge in [-0.25, -0.2) is 8.42 Å². The lowest BCUT2D eigenvalue weighted by molar-refractivity contribution is -0.384. The lowest BCUT2D eigenvalue weighted by Gasteiger charge is -2.28. The molecule has 1 saturated heterocycles. The molecule has 2 aromatic carbocycles. The van der Waals surface area contributed by atoms with Crippen LogP contribution in [0, 0.1) is 24.0 Å². The Morgan fingerprint density at radius 2 is 1.83 bits per heavy atom. The van der Waals surface area contributed by atoms with Crippen LogP contribution in [-0.4, -0.2) is 41.4 Å². The lowest BCUT2D eigenvalue weighted by atomic mass is 9.96. The van der Waals surface area contributed by atoms with Gasteiger partial charge in [0, 0.05) is 35.0 Å². The van der Waals surface area contributed by atoms with Gasteiger partial charge in [-0.05, 0) is 80.2 Å². The predicted octanol–water partition coefficient (Wildman–Crippen LogP) is 4.95. The number of ether oxygens (including phenoxy) is 1. The molecule has 41 heavy (non-hydrogen) atoms. The van der Waals surface area contributed by atoms with Gasteiger partial charge >= 0.3 is 0 Å². The zero-order valence-corrected chi connectivity index (χ0v) is 24.4. The van der Waals surface area contributed by atoms with E-state index in [0.717, 1.165) is 34.6 Å². The number of rotatable bonds is 8. The van der Waals surface area contributed by atoms with Crippen LogP contribution in [0.5, 0.6) is 5.75 Å². The Labute approximate surface area is 243 Å². The molecule has 2 aromatic heterocycles. The Balaban J connectivity index is 1.64. The smallest absolute Gasteiger partial charge is 0.273 e. The highest BCUT2D eigenvalue weighted by atomic mass is 32.2. The van der Waals surface area contributed by atoms with Crippen molar-refractivity contribution < 1.29 is 18.1 Å². The van der Waals surface area contributed by atoms with E-state index >= 15 is 0 Å². The fraction of sp³-hybridized carbons (Fsp3) is 0.214. The largest absolute Gasteiger partial charge is 0.494 e. The van der Waals surface area contributed by atoms with Gasteiger partial charge in [0.25, 0.3) is 5.69 Å². The Hall–Kier alpha value is -4.49. The molecule has 13 heteroatoms. The lowest BCUT2D eigenvalue weighted by Crippen LogP contribution is -2.29. The van der Waals surface area contributed by atoms with Crippen molar-refractivity contribution in [1.29, 1.82) is 0 Å². The van der Waals surface area contributed by atoms with Gasteiger partial charge in [0.05, 0.1) is 47.8 Å². The van der Waals surface area contributed by atoms with E-state index in [4.69, 9.17) is 17.0 Å². The SMILES string of the molecule is COc1cc([N+](=O)[O-])ccc1-n1c(C)cc([C@@H]2[C@H](c3ccccn3)NC(=S)N2c2ccc(NS(C)(=O)=O)cc2)c1C. The number of nitrogens with one attached hydrogen (secondary N) is 2. The minimum atomic E-state index is -3.43. The number of hydrogen-bond acceptors (Lipinski definition) is 7. The first-order chi connectivity index (χ1) is 19.5. The molecule has 2 atom stereocenters. The number of nitro groups is 1. The average Bonchev–Trinajstić information content (AvgIpc) is 3.43. The number of aryl methyl sites for hydroxylation is 1. The topological polar surface area (TPSA) is 132 Å². The van der Waals surface area contributed by atoms with Gasteiger partial charge < -0.3 is 19.5 Å². The highest BCUT2D eigenvalue weighted by molar-refractivity contribution is 7.92. The van der Waals surface area contributed by atoms with Gasteiger partial charge in [-0.15, -0.1) is 0 Å². The highest BCUT2D eigenvalue weighted by Gasteiger charge is 2.42. The zero-order valence-electron chi connectivity index (χ0n) is 22.7. The van der Waals surface area contributed by atoms with Crippen molar-refractivity contribution >= 4 is 44.4 Å². The minimum Gasteiger partial charge on any atom is -0.494 e. The number of nitro benzene ring substituents is 1. The van der Waals surface area contributed by atoms with Crippen LogP contribution in [0.25, 0.3) is 5.69 Å². The molecule has 0 saturated carbocycles. The van der Waals surface area contributed by atoms with E-state index in [9.17, 15) is 18.5 Å². The molecule has 4 aromatic rings. The van der Waals surface area contributed by atoms with Crippen LogP contribution in [0.1, 0.15) is 34.7 Å². The molecular formula is C28H28N6O5S2. The van der Waals surface area contributed by atoms with Gasteiger partial charge in [0.1, 0.15) is 5.75 Å². The molecular weight excluding hydrogens is 564 g/mol. The van der Waals surface area contributed by atoms with Gasteiger partial charge in [-0.2, -0.15) is 0 Å². The first-order valence-corrected chi connectivity index (χ1v) is 14.9. The number of sulfonamides is 1. The number of aromatic nitrogens is 2. The van der Waals surface area contributed by atoms with Crippen molar-refractivity contribution in [3.8, 4) is 11.4 Å². The third-order valence-corrected chi connectivity index (χ3v) is 7.87. The summed E-state index contributed by atoms with van der Waals surface area (Å²) in [6.45, 7) is 3.95. The molecule has 11 nitrogen and oxygen atoms in total. The number of methoxy groups -OCH3 is 1. The molecule has 0 aliphatic carbocycles. The number of thiocarbonyl (C=S) groups is 1. The molecule has 1 aliphatic heterocycles. The monoisotopic (exact) mass is 592 g/mol. The van der Waals surface area contributed by atoms with Gasteiger partial charge in [-0.1, -0.05) is 6.07 Å². The average molecular weight is 593 g/mol. The van der Waals surface area contributed by atoms with Crippen LogP contribution in [0.2, 0.25) is 0 Å². The Morgan fingerprint density at radius 3 is 2.44 bits per heavy atom. The highest BCUT2D eigenvalue weighted by Crippen LogP contribution is 2.44. The molecule has 5 rings (SSSR count). The summed E-state index contributed by atoms with van der Waals surface area (Å²) in [5, 5.41) is 15.3. The van der Waals surface area contributed by atoms with Gasteiger partial charge in [-0.3, -0.25) is 19.8 Å². The summed E-state index contributed by atoms with van der Waals surface area (Å²) < 4.78 is 33.5. The fourth-order valence-electron chi connectivity index (χ4n) is 5.28. The van der Waals surface area contributed by atoms with E-state index in [0.29, 0.717) is 22.2 Å². The van der Waals surface area contributed by atoms with E-state index in [2.05, 4.69) is 21.1 Å². The van der Waals surface area contributed by atoms with E-state index in [1.54, 1.807) is 24.4 Å². The number of pyridine rings is 1. The van der Waals surface area contributed by atoms with Crippen LogP contribution in [-0.2, 0) is 10.0 Å². The zero-order chi connectivity index (χ0) is 29.5. The molecule has 2 N–H and O–H groups in total. The van der Waals surface area contributed by atoms with E-state index < -0.39 is 14.9 Å². The van der Waals surface area contributed by atoms with Crippen molar-refractivity contribution in [2.24, 2.45) is 0 Å². The number of hydrogen-bond donors (Lipinski definition) is 2. The second-order valence-electron chi connectivity index (χ2n) is 9.69. The maximum Gasteiger partial charge on any atom is 0.273 e. The second-order valence-corrected chi connectivity index (χ2v) is 11.8. The van der Waals surface area contributed by atoms with Crippen LogP contribution in [0.4, 0.5) is 17.1 Å². The molecule has 0 spiro atoms. The molecule has 0 radical (unpaired) electrons. The van der Waals surface area contributed by atoms with Crippen LogP contribution in [0.15, 0.2) is 72.9 Å². The number of anilines is 2. The van der Waals surface area contributed by atoms with Crippen molar-refractivity contribution in [3.05, 3.63) is 106 Å². The van der Waals surface area contributed by atoms with Gasteiger partial charge in [0.2, 0.25) is 10.0 Å². The normalized spacial score (nSPS) is 16.9. The minimum absolute atomic E-state index is 0.0613. The standard InChI is InChI=1S/C28H28N6O5S2/c1-17-15-22(18(2)32(17)24-13-12-21(34(35)36)16-25(24)39-3)27-26(23-7-5-6-14-29-23)30-28(40)33(27)20-10-8-19(9-11-20)31-41(4,37)38/h5-16,26-27,31H,1-4H3,(H,30,40)/t26-,27+/m0/s1. The van der Waals surface area contributed by atoms with E-state index in [-0.39, 0.29) is 17.8 Å². The summed E-state index contributed by atoms with van der Waals surface area (Å²) in [5.41, 5.74) is 5.37. The molecule has 1 aliphatic rings. The molecule has 3 heterocycles. The second kappa shape index (κ2) is 10.8. The maximum absolute atomic E-state index is 11.7. The maximum atomic E-state index is 11.7. The number of non-ortho nitro benzene ring substituents is 1. The predicted molar refractivity (Wildman–Crippen MR) is 161 cm³/mol. The first-order valence-electron chi connectivity index (χ1n) is 12.6. The Morgan fingerprint density at radius 1 is 1.10 bits per heavy atom. The van der Waals surface area contributed by atoms with Crippen LogP contribution in [0.3, 0.4) is 0 Å². The molecule has 0 bridgehead atoms. The van der Waals surface area contributed by atoms with Crippen molar-refractivity contribution in [2.45, 2.75) is 25.9 Å². The van der Waals surface area contributed by atoms with Crippen molar-refractivity contribution in [2.75, 3.05) is 23.0 Å². The summed E-state index contributed by atoms with van der Waals surface area (Å²) in [5.74, 6) is 0.375. The van der Waals surface area contributed by atoms with Crippen molar-refractivity contribution in [3.63, 3.8) is 0 Å². The quantitative estimate of drug-likeness (QED) is 0.166. The first kappa shape index (κ1) is 28.1. The third-order valence-electron chi connectivity index (χ3n) is 6.95. The molecule has 212 valence electrons. The Kier molecular flexibility index (Phi) is 7.41. The molecule has 0 unspecified atom stereocenters. The van der Waals surface area contributed by atoms with E-state index in [1.807, 2.05) is 53.6 Å². The fourth-order valence-corrected chi connectivity index (χ4v) is 6.19. The van der Waals surface area contributed by atoms with Crippen LogP contribution < -0.4 is 19.7 Å². The summed E-state index contributed by atoms with van der Waals surface area (Å²) >= 11 is 5.84. The van der Waals surface area contributed by atoms with Crippen molar-refractivity contribution in [1.82, 2.24) is 14.9 Å². The number of benzene rings is 2.